The Morgan fingerprint density at radius 3 is 2.81 bits per heavy atom. The van der Waals surface area contributed by atoms with E-state index >= 15 is 0 Å². The molecule has 7 nitrogen and oxygen atoms in total. The summed E-state index contributed by atoms with van der Waals surface area (Å²) in [6.07, 6.45) is 1.25. The average molecular weight is 265 g/mol. The number of aromatic amines is 1. The Morgan fingerprint density at radius 2 is 2.31 bits per heavy atom. The fraction of sp³-hybridized carbons (Fsp3) is 0.571. The third-order valence-corrected chi connectivity index (χ3v) is 4.62. The number of amides is 1. The molecule has 2 rings (SSSR count). The van der Waals surface area contributed by atoms with Crippen molar-refractivity contribution in [3.05, 3.63) is 11.9 Å². The van der Waals surface area contributed by atoms with Crippen LogP contribution in [0, 0.1) is 0 Å². The molecule has 88 valence electrons. The van der Waals surface area contributed by atoms with E-state index in [2.05, 4.69) is 20.7 Å². The first-order valence-electron chi connectivity index (χ1n) is 4.49. The number of halogens is 1. The van der Waals surface area contributed by atoms with Gasteiger partial charge in [0.25, 0.3) is 5.91 Å². The summed E-state index contributed by atoms with van der Waals surface area (Å²) in [4.78, 5) is 11.5. The number of carbonyl (C=O) groups excluding carboxylic acids is 1. The van der Waals surface area contributed by atoms with Crippen LogP contribution in [0.1, 0.15) is 10.5 Å². The van der Waals surface area contributed by atoms with Crippen LogP contribution in [-0.4, -0.2) is 52.7 Å². The molecule has 9 heteroatoms. The summed E-state index contributed by atoms with van der Waals surface area (Å²) in [6, 6.07) is -0.573. The van der Waals surface area contributed by atoms with Crippen LogP contribution in [-0.2, 0) is 9.84 Å². The van der Waals surface area contributed by atoms with Crippen molar-refractivity contribution in [3.8, 4) is 0 Å². The molecule has 2 unspecified atom stereocenters. The molecule has 0 bridgehead atoms. The van der Waals surface area contributed by atoms with Gasteiger partial charge < -0.3 is 5.32 Å². The third kappa shape index (κ3) is 2.33. The molecule has 0 spiro atoms. The number of carbonyl (C=O) groups is 1. The maximum atomic E-state index is 11.5. The van der Waals surface area contributed by atoms with Gasteiger partial charge in [0.05, 0.1) is 29.1 Å². The van der Waals surface area contributed by atoms with Gasteiger partial charge in [-0.3, -0.25) is 4.79 Å². The maximum absolute atomic E-state index is 11.5. The van der Waals surface area contributed by atoms with Crippen molar-refractivity contribution in [3.63, 3.8) is 0 Å². The number of hydrogen-bond acceptors (Lipinski definition) is 5. The molecular weight excluding hydrogens is 256 g/mol. The van der Waals surface area contributed by atoms with Crippen LogP contribution in [0.2, 0.25) is 0 Å². The molecule has 1 aliphatic rings. The van der Waals surface area contributed by atoms with E-state index in [1.165, 1.54) is 6.20 Å². The largest absolute Gasteiger partial charge is 0.345 e. The normalized spacial score (nSPS) is 27.8. The Labute approximate surface area is 96.5 Å². The van der Waals surface area contributed by atoms with Gasteiger partial charge in [0.2, 0.25) is 0 Å². The fourth-order valence-electron chi connectivity index (χ4n) is 1.49. The summed E-state index contributed by atoms with van der Waals surface area (Å²) in [7, 11) is -3.15. The summed E-state index contributed by atoms with van der Waals surface area (Å²) in [5.74, 6) is -0.732. The quantitative estimate of drug-likeness (QED) is 0.663. The molecule has 2 heterocycles. The lowest BCUT2D eigenvalue weighted by atomic mass is 10.2. The molecule has 1 aromatic heterocycles. The van der Waals surface area contributed by atoms with Crippen LogP contribution < -0.4 is 5.32 Å². The zero-order valence-corrected chi connectivity index (χ0v) is 9.62. The van der Waals surface area contributed by atoms with E-state index in [0.29, 0.717) is 0 Å². The molecule has 1 aliphatic heterocycles. The fourth-order valence-corrected chi connectivity index (χ4v) is 4.04. The molecule has 2 atom stereocenters. The van der Waals surface area contributed by atoms with Gasteiger partial charge in [0.15, 0.2) is 15.5 Å². The van der Waals surface area contributed by atoms with Gasteiger partial charge in [-0.15, -0.1) is 11.6 Å². The zero-order chi connectivity index (χ0) is 11.8. The first kappa shape index (κ1) is 11.3. The van der Waals surface area contributed by atoms with Crippen molar-refractivity contribution in [2.75, 3.05) is 11.5 Å². The minimum absolute atomic E-state index is 0.105. The molecule has 1 amide bonds. The van der Waals surface area contributed by atoms with Crippen LogP contribution >= 0.6 is 11.6 Å². The second kappa shape index (κ2) is 4.02. The zero-order valence-electron chi connectivity index (χ0n) is 8.05. The minimum Gasteiger partial charge on any atom is -0.345 e. The summed E-state index contributed by atoms with van der Waals surface area (Å²) < 4.78 is 22.5. The predicted molar refractivity (Wildman–Crippen MR) is 55.9 cm³/mol. The van der Waals surface area contributed by atoms with Crippen molar-refractivity contribution in [2.45, 2.75) is 11.4 Å². The van der Waals surface area contributed by atoms with E-state index < -0.39 is 27.2 Å². The van der Waals surface area contributed by atoms with Crippen molar-refractivity contribution in [1.29, 1.82) is 0 Å². The molecule has 1 fully saturated rings. The molecule has 1 saturated heterocycles. The lowest BCUT2D eigenvalue weighted by Gasteiger charge is -2.12. The number of aromatic nitrogens is 3. The molecule has 0 radical (unpaired) electrons. The van der Waals surface area contributed by atoms with Crippen LogP contribution in [0.25, 0.3) is 0 Å². The van der Waals surface area contributed by atoms with Gasteiger partial charge in [-0.2, -0.15) is 15.4 Å². The molecular formula is C7H9ClN4O3S. The molecule has 2 N–H and O–H groups in total. The average Bonchev–Trinajstić information content (AvgIpc) is 2.74. The maximum Gasteiger partial charge on any atom is 0.273 e. The third-order valence-electron chi connectivity index (χ3n) is 2.25. The first-order chi connectivity index (χ1) is 7.48. The second-order valence-electron chi connectivity index (χ2n) is 3.53. The molecule has 1 aromatic rings. The first-order valence-corrected chi connectivity index (χ1v) is 6.75. The van der Waals surface area contributed by atoms with E-state index in [4.69, 9.17) is 11.6 Å². The number of H-pyrrole nitrogens is 1. The van der Waals surface area contributed by atoms with E-state index in [9.17, 15) is 13.2 Å². The smallest absolute Gasteiger partial charge is 0.273 e. The highest BCUT2D eigenvalue weighted by atomic mass is 35.5. The number of alkyl halides is 1. The standard InChI is InChI=1S/C7H9ClN4O3S/c8-4-2-16(14,15)3-6(4)10-7(13)5-1-9-12-11-5/h1,4,6H,2-3H2,(H,10,13)(H,9,11,12). The van der Waals surface area contributed by atoms with Gasteiger partial charge >= 0.3 is 0 Å². The van der Waals surface area contributed by atoms with Crippen LogP contribution in [0.5, 0.6) is 0 Å². The molecule has 16 heavy (non-hydrogen) atoms. The van der Waals surface area contributed by atoms with Gasteiger partial charge in [0, 0.05) is 0 Å². The highest BCUT2D eigenvalue weighted by Gasteiger charge is 2.37. The number of hydrogen-bond donors (Lipinski definition) is 2. The van der Waals surface area contributed by atoms with E-state index in [1.54, 1.807) is 0 Å². The predicted octanol–water partition coefficient (Wildman–Crippen LogP) is -1.06. The Kier molecular flexibility index (Phi) is 2.85. The number of sulfone groups is 1. The molecule has 0 aromatic carbocycles. The van der Waals surface area contributed by atoms with Gasteiger partial charge in [-0.05, 0) is 0 Å². The summed E-state index contributed by atoms with van der Waals surface area (Å²) >= 11 is 5.83. The van der Waals surface area contributed by atoms with Crippen LogP contribution in [0.3, 0.4) is 0 Å². The van der Waals surface area contributed by atoms with Crippen molar-refractivity contribution in [2.24, 2.45) is 0 Å². The lowest BCUT2D eigenvalue weighted by molar-refractivity contribution is 0.0936. The van der Waals surface area contributed by atoms with Crippen molar-refractivity contribution in [1.82, 2.24) is 20.7 Å². The van der Waals surface area contributed by atoms with Crippen molar-refractivity contribution >= 4 is 27.3 Å². The summed E-state index contributed by atoms with van der Waals surface area (Å²) in [6.45, 7) is 0. The topological polar surface area (TPSA) is 105 Å². The monoisotopic (exact) mass is 264 g/mol. The Morgan fingerprint density at radius 1 is 1.56 bits per heavy atom. The summed E-state index contributed by atoms with van der Waals surface area (Å²) in [5.41, 5.74) is 0.105. The van der Waals surface area contributed by atoms with E-state index in [-0.39, 0.29) is 17.2 Å². The highest BCUT2D eigenvalue weighted by Crippen LogP contribution is 2.18. The Bertz CT molecular complexity index is 486. The Balaban J connectivity index is 2.04. The van der Waals surface area contributed by atoms with Gasteiger partial charge in [0.1, 0.15) is 0 Å². The van der Waals surface area contributed by atoms with Gasteiger partial charge in [-0.25, -0.2) is 8.42 Å². The number of nitrogens with one attached hydrogen (secondary N) is 2. The van der Waals surface area contributed by atoms with Crippen LogP contribution in [0.4, 0.5) is 0 Å². The van der Waals surface area contributed by atoms with Crippen LogP contribution in [0.15, 0.2) is 6.20 Å². The number of rotatable bonds is 2. The highest BCUT2D eigenvalue weighted by molar-refractivity contribution is 7.91. The van der Waals surface area contributed by atoms with E-state index in [1.807, 2.05) is 0 Å². The second-order valence-corrected chi connectivity index (χ2v) is 6.24. The summed E-state index contributed by atoms with van der Waals surface area (Å²) in [5, 5.41) is 11.3. The molecule has 0 aliphatic carbocycles. The SMILES string of the molecule is O=C(NC1CS(=O)(=O)CC1Cl)c1cn[nH]n1. The lowest BCUT2D eigenvalue weighted by Crippen LogP contribution is -2.40. The van der Waals surface area contributed by atoms with Gasteiger partial charge in [-0.1, -0.05) is 0 Å². The molecule has 0 saturated carbocycles. The van der Waals surface area contributed by atoms with E-state index in [0.717, 1.165) is 0 Å². The number of nitrogens with zero attached hydrogens (tertiary/aromatic N) is 2. The minimum atomic E-state index is -3.15. The van der Waals surface area contributed by atoms with Crippen molar-refractivity contribution < 1.29 is 13.2 Å². The Hall–Kier alpha value is -1.15.